The number of morpholine rings is 1. The lowest BCUT2D eigenvalue weighted by Crippen LogP contribution is -2.49. The fourth-order valence-electron chi connectivity index (χ4n) is 3.79. The molecule has 126 valence electrons. The van der Waals surface area contributed by atoms with Crippen molar-refractivity contribution in [2.45, 2.75) is 32.1 Å². The average Bonchev–Trinajstić information content (AvgIpc) is 2.62. The van der Waals surface area contributed by atoms with E-state index in [9.17, 15) is 4.79 Å². The predicted octanol–water partition coefficient (Wildman–Crippen LogP) is 2.09. The van der Waals surface area contributed by atoms with E-state index in [0.717, 1.165) is 39.4 Å². The summed E-state index contributed by atoms with van der Waals surface area (Å²) >= 11 is 0. The van der Waals surface area contributed by atoms with Gasteiger partial charge in [-0.3, -0.25) is 14.7 Å². The number of aromatic nitrogens is 1. The quantitative estimate of drug-likeness (QED) is 0.903. The maximum absolute atomic E-state index is 12.3. The van der Waals surface area contributed by atoms with Gasteiger partial charge in [-0.25, -0.2) is 0 Å². The summed E-state index contributed by atoms with van der Waals surface area (Å²) in [6.45, 7) is 5.52. The number of ether oxygens (including phenoxy) is 1. The van der Waals surface area contributed by atoms with Gasteiger partial charge in [-0.15, -0.1) is 0 Å². The molecule has 0 radical (unpaired) electrons. The number of rotatable bonds is 5. The van der Waals surface area contributed by atoms with E-state index in [1.54, 1.807) is 18.5 Å². The zero-order valence-corrected chi connectivity index (χ0v) is 13.8. The molecule has 1 aromatic heterocycles. The maximum Gasteiger partial charge on any atom is 0.252 e. The summed E-state index contributed by atoms with van der Waals surface area (Å²) in [6.07, 6.45) is 9.60. The molecule has 0 aromatic carbocycles. The van der Waals surface area contributed by atoms with Crippen molar-refractivity contribution in [3.8, 4) is 0 Å². The number of hydrogen-bond acceptors (Lipinski definition) is 4. The summed E-state index contributed by atoms with van der Waals surface area (Å²) in [5.41, 5.74) is 0.859. The highest BCUT2D eigenvalue weighted by atomic mass is 16.5. The first-order valence-electron chi connectivity index (χ1n) is 8.76. The van der Waals surface area contributed by atoms with Crippen LogP contribution in [0.5, 0.6) is 0 Å². The Hall–Kier alpha value is -1.46. The van der Waals surface area contributed by atoms with Crippen LogP contribution in [0.1, 0.15) is 42.5 Å². The highest BCUT2D eigenvalue weighted by Gasteiger charge is 2.34. The van der Waals surface area contributed by atoms with Crippen molar-refractivity contribution in [1.29, 1.82) is 0 Å². The molecular weight excluding hydrogens is 290 g/mol. The van der Waals surface area contributed by atoms with Crippen molar-refractivity contribution in [2.75, 3.05) is 39.4 Å². The van der Waals surface area contributed by atoms with Crippen LogP contribution < -0.4 is 5.32 Å². The molecule has 1 N–H and O–H groups in total. The van der Waals surface area contributed by atoms with Gasteiger partial charge in [0.15, 0.2) is 0 Å². The van der Waals surface area contributed by atoms with Crippen LogP contribution in [-0.4, -0.2) is 55.2 Å². The van der Waals surface area contributed by atoms with Gasteiger partial charge in [-0.2, -0.15) is 0 Å². The SMILES string of the molecule is O=C(NCC1(CN2CCOCC2)CCCCC1)c1cccnc1. The second kappa shape index (κ2) is 7.88. The van der Waals surface area contributed by atoms with E-state index in [1.807, 2.05) is 6.07 Å². The Labute approximate surface area is 138 Å². The van der Waals surface area contributed by atoms with E-state index in [4.69, 9.17) is 4.74 Å². The van der Waals surface area contributed by atoms with Gasteiger partial charge in [-0.1, -0.05) is 19.3 Å². The summed E-state index contributed by atoms with van der Waals surface area (Å²) < 4.78 is 5.46. The van der Waals surface area contributed by atoms with Gasteiger partial charge in [-0.05, 0) is 25.0 Å². The molecular formula is C18H27N3O2. The van der Waals surface area contributed by atoms with Crippen molar-refractivity contribution in [3.05, 3.63) is 30.1 Å². The first kappa shape index (κ1) is 16.4. The van der Waals surface area contributed by atoms with Gasteiger partial charge in [0.2, 0.25) is 0 Å². The number of amides is 1. The highest BCUT2D eigenvalue weighted by Crippen LogP contribution is 2.36. The minimum Gasteiger partial charge on any atom is -0.379 e. The molecule has 2 aliphatic rings. The zero-order valence-electron chi connectivity index (χ0n) is 13.8. The third-order valence-electron chi connectivity index (χ3n) is 5.12. The van der Waals surface area contributed by atoms with Crippen molar-refractivity contribution in [1.82, 2.24) is 15.2 Å². The first-order chi connectivity index (χ1) is 11.3. The largest absolute Gasteiger partial charge is 0.379 e. The van der Waals surface area contributed by atoms with E-state index in [-0.39, 0.29) is 11.3 Å². The molecule has 2 fully saturated rings. The molecule has 5 heteroatoms. The average molecular weight is 317 g/mol. The summed E-state index contributed by atoms with van der Waals surface area (Å²) in [5, 5.41) is 3.16. The molecule has 23 heavy (non-hydrogen) atoms. The summed E-state index contributed by atoms with van der Waals surface area (Å²) in [4.78, 5) is 18.9. The Kier molecular flexibility index (Phi) is 5.62. The van der Waals surface area contributed by atoms with Crippen LogP contribution in [0.2, 0.25) is 0 Å². The van der Waals surface area contributed by atoms with E-state index in [1.165, 1.54) is 32.1 Å². The number of carbonyl (C=O) groups is 1. The fraction of sp³-hybridized carbons (Fsp3) is 0.667. The van der Waals surface area contributed by atoms with Gasteiger partial charge in [0, 0.05) is 44.0 Å². The molecule has 1 aliphatic heterocycles. The first-order valence-corrected chi connectivity index (χ1v) is 8.76. The van der Waals surface area contributed by atoms with Crippen molar-refractivity contribution in [3.63, 3.8) is 0 Å². The molecule has 1 saturated carbocycles. The Bertz CT molecular complexity index is 494. The molecule has 3 rings (SSSR count). The predicted molar refractivity (Wildman–Crippen MR) is 89.3 cm³/mol. The van der Waals surface area contributed by atoms with Gasteiger partial charge in [0.05, 0.1) is 18.8 Å². The number of hydrogen-bond donors (Lipinski definition) is 1. The van der Waals surface area contributed by atoms with Crippen LogP contribution in [0.25, 0.3) is 0 Å². The lowest BCUT2D eigenvalue weighted by molar-refractivity contribution is 0.00728. The van der Waals surface area contributed by atoms with Gasteiger partial charge < -0.3 is 10.1 Å². The van der Waals surface area contributed by atoms with Crippen LogP contribution in [0.3, 0.4) is 0 Å². The Morgan fingerprint density at radius 3 is 2.74 bits per heavy atom. The van der Waals surface area contributed by atoms with E-state index < -0.39 is 0 Å². The van der Waals surface area contributed by atoms with Crippen LogP contribution in [0, 0.1) is 5.41 Å². The molecule has 0 spiro atoms. The number of nitrogens with one attached hydrogen (secondary N) is 1. The molecule has 1 aromatic rings. The van der Waals surface area contributed by atoms with Crippen LogP contribution in [0.4, 0.5) is 0 Å². The van der Waals surface area contributed by atoms with E-state index in [2.05, 4.69) is 15.2 Å². The third-order valence-corrected chi connectivity index (χ3v) is 5.12. The molecule has 1 aliphatic carbocycles. The fourth-order valence-corrected chi connectivity index (χ4v) is 3.79. The number of nitrogens with zero attached hydrogens (tertiary/aromatic N) is 2. The molecule has 1 saturated heterocycles. The van der Waals surface area contributed by atoms with Crippen molar-refractivity contribution >= 4 is 5.91 Å². The normalized spacial score (nSPS) is 21.7. The highest BCUT2D eigenvalue weighted by molar-refractivity contribution is 5.93. The van der Waals surface area contributed by atoms with Crippen molar-refractivity contribution < 1.29 is 9.53 Å². The molecule has 2 heterocycles. The Morgan fingerprint density at radius 1 is 1.26 bits per heavy atom. The topological polar surface area (TPSA) is 54.5 Å². The van der Waals surface area contributed by atoms with Crippen LogP contribution in [0.15, 0.2) is 24.5 Å². The van der Waals surface area contributed by atoms with Gasteiger partial charge in [0.25, 0.3) is 5.91 Å². The summed E-state index contributed by atoms with van der Waals surface area (Å²) in [5.74, 6) is -0.00924. The monoisotopic (exact) mass is 317 g/mol. The van der Waals surface area contributed by atoms with Crippen molar-refractivity contribution in [2.24, 2.45) is 5.41 Å². The lowest BCUT2D eigenvalue weighted by Gasteiger charge is -2.42. The smallest absolute Gasteiger partial charge is 0.252 e. The van der Waals surface area contributed by atoms with E-state index >= 15 is 0 Å². The molecule has 5 nitrogen and oxygen atoms in total. The Balaban J connectivity index is 1.60. The Morgan fingerprint density at radius 2 is 2.04 bits per heavy atom. The van der Waals surface area contributed by atoms with E-state index in [0.29, 0.717) is 5.56 Å². The van der Waals surface area contributed by atoms with Crippen LogP contribution >= 0.6 is 0 Å². The molecule has 0 unspecified atom stereocenters. The molecule has 0 atom stereocenters. The summed E-state index contributed by atoms with van der Waals surface area (Å²) in [7, 11) is 0. The zero-order chi connectivity index (χ0) is 16.0. The molecule has 1 amide bonds. The van der Waals surface area contributed by atoms with Gasteiger partial charge in [0.1, 0.15) is 0 Å². The second-order valence-electron chi connectivity index (χ2n) is 6.87. The van der Waals surface area contributed by atoms with Gasteiger partial charge >= 0.3 is 0 Å². The summed E-state index contributed by atoms with van der Waals surface area (Å²) in [6, 6.07) is 3.62. The minimum absolute atomic E-state index is 0.00924. The lowest BCUT2D eigenvalue weighted by atomic mass is 9.73. The third kappa shape index (κ3) is 4.52. The molecule has 0 bridgehead atoms. The maximum atomic E-state index is 12.3. The standard InChI is InChI=1S/C18H27N3O2/c22-17(16-5-4-8-19-13-16)20-14-18(6-2-1-3-7-18)15-21-9-11-23-12-10-21/h4-5,8,13H,1-3,6-7,9-12,14-15H2,(H,20,22). The number of pyridine rings is 1. The second-order valence-corrected chi connectivity index (χ2v) is 6.87. The van der Waals surface area contributed by atoms with Crippen LogP contribution in [-0.2, 0) is 4.74 Å². The minimum atomic E-state index is -0.00924. The number of carbonyl (C=O) groups excluding carboxylic acids is 1.